The second-order valence-electron chi connectivity index (χ2n) is 5.70. The number of alkyl halides is 3. The van der Waals surface area contributed by atoms with Gasteiger partial charge in [0.15, 0.2) is 0 Å². The van der Waals surface area contributed by atoms with Crippen LogP contribution in [0, 0.1) is 0 Å². The molecule has 25 heavy (non-hydrogen) atoms. The van der Waals surface area contributed by atoms with Gasteiger partial charge in [0.05, 0.1) is 11.1 Å². The number of nitrogens with zero attached hydrogens (tertiary/aromatic N) is 3. The highest BCUT2D eigenvalue weighted by atomic mass is 79.9. The average Bonchev–Trinajstić information content (AvgIpc) is 3.02. The number of anilines is 1. The number of hydrogen-bond acceptors (Lipinski definition) is 4. The smallest absolute Gasteiger partial charge is 0.354 e. The topological polar surface area (TPSA) is 58.1 Å². The number of carbonyl (C=O) groups excluding carboxylic acids is 1. The summed E-state index contributed by atoms with van der Waals surface area (Å²) in [6.45, 7) is 1.10. The zero-order valence-corrected chi connectivity index (χ0v) is 14.5. The molecule has 0 unspecified atom stereocenters. The summed E-state index contributed by atoms with van der Waals surface area (Å²) >= 11 is 3.26. The molecule has 2 aromatic rings. The molecule has 1 saturated heterocycles. The number of hydrogen-bond donors (Lipinski definition) is 1. The van der Waals surface area contributed by atoms with Crippen molar-refractivity contribution in [2.75, 3.05) is 18.0 Å². The third-order valence-corrected chi connectivity index (χ3v) is 4.32. The Hall–Kier alpha value is -2.16. The Bertz CT molecular complexity index is 767. The second kappa shape index (κ2) is 6.99. The van der Waals surface area contributed by atoms with Gasteiger partial charge in [-0.1, -0.05) is 0 Å². The second-order valence-corrected chi connectivity index (χ2v) is 6.62. The first-order valence-electron chi connectivity index (χ1n) is 7.52. The van der Waals surface area contributed by atoms with Gasteiger partial charge < -0.3 is 10.2 Å². The molecule has 1 atom stereocenters. The highest BCUT2D eigenvalue weighted by Crippen LogP contribution is 2.29. The van der Waals surface area contributed by atoms with Crippen LogP contribution >= 0.6 is 15.9 Å². The summed E-state index contributed by atoms with van der Waals surface area (Å²) in [6, 6.07) is 3.94. The number of rotatable bonds is 3. The van der Waals surface area contributed by atoms with Gasteiger partial charge in [0.25, 0.3) is 5.91 Å². The van der Waals surface area contributed by atoms with Gasteiger partial charge in [-0.2, -0.15) is 13.2 Å². The van der Waals surface area contributed by atoms with Crippen LogP contribution in [0.1, 0.15) is 22.3 Å². The predicted molar refractivity (Wildman–Crippen MR) is 89.3 cm³/mol. The molecule has 1 fully saturated rings. The van der Waals surface area contributed by atoms with E-state index in [4.69, 9.17) is 0 Å². The molecule has 0 aliphatic carbocycles. The molecule has 0 spiro atoms. The van der Waals surface area contributed by atoms with Crippen molar-refractivity contribution >= 4 is 27.7 Å². The van der Waals surface area contributed by atoms with Gasteiger partial charge in [-0.25, -0.2) is 4.98 Å². The van der Waals surface area contributed by atoms with Crippen molar-refractivity contribution in [3.05, 3.63) is 52.4 Å². The number of pyridine rings is 2. The molecule has 3 heterocycles. The molecule has 132 valence electrons. The number of amides is 1. The Balaban J connectivity index is 1.61. The lowest BCUT2D eigenvalue weighted by molar-refractivity contribution is -0.137. The first-order chi connectivity index (χ1) is 11.8. The van der Waals surface area contributed by atoms with E-state index in [9.17, 15) is 18.0 Å². The zero-order chi connectivity index (χ0) is 18.0. The molecule has 1 aliphatic rings. The maximum Gasteiger partial charge on any atom is 0.417 e. The minimum atomic E-state index is -4.40. The predicted octanol–water partition coefficient (Wildman–Crippen LogP) is 3.27. The highest BCUT2D eigenvalue weighted by molar-refractivity contribution is 9.10. The van der Waals surface area contributed by atoms with Gasteiger partial charge in [0, 0.05) is 42.2 Å². The van der Waals surface area contributed by atoms with Crippen molar-refractivity contribution in [2.24, 2.45) is 0 Å². The van der Waals surface area contributed by atoms with Crippen molar-refractivity contribution in [3.8, 4) is 0 Å². The van der Waals surface area contributed by atoms with Gasteiger partial charge in [-0.05, 0) is 40.5 Å². The van der Waals surface area contributed by atoms with Crippen LogP contribution in [0.4, 0.5) is 19.0 Å². The van der Waals surface area contributed by atoms with E-state index in [0.717, 1.165) is 12.3 Å². The Morgan fingerprint density at radius 1 is 1.28 bits per heavy atom. The maximum atomic E-state index is 12.6. The fraction of sp³-hybridized carbons (Fsp3) is 0.312. The largest absolute Gasteiger partial charge is 0.417 e. The van der Waals surface area contributed by atoms with Gasteiger partial charge in [0.2, 0.25) is 0 Å². The summed E-state index contributed by atoms with van der Waals surface area (Å²) in [7, 11) is 0. The number of halogens is 4. The molecule has 0 saturated carbocycles. The summed E-state index contributed by atoms with van der Waals surface area (Å²) in [4.78, 5) is 21.9. The molecule has 9 heteroatoms. The Morgan fingerprint density at radius 3 is 2.72 bits per heavy atom. The Labute approximate surface area is 150 Å². The van der Waals surface area contributed by atoms with Gasteiger partial charge in [-0.3, -0.25) is 9.78 Å². The average molecular weight is 415 g/mol. The lowest BCUT2D eigenvalue weighted by atomic mass is 10.2. The molecular weight excluding hydrogens is 401 g/mol. The molecule has 0 bridgehead atoms. The SMILES string of the molecule is O=C(N[C@H]1CCN(c2ccc(C(F)(F)F)cn2)C1)c1cncc(Br)c1. The van der Waals surface area contributed by atoms with Crippen molar-refractivity contribution in [1.82, 2.24) is 15.3 Å². The minimum Gasteiger partial charge on any atom is -0.354 e. The Morgan fingerprint density at radius 2 is 2.08 bits per heavy atom. The van der Waals surface area contributed by atoms with Gasteiger partial charge in [-0.15, -0.1) is 0 Å². The third-order valence-electron chi connectivity index (χ3n) is 3.89. The van der Waals surface area contributed by atoms with E-state index in [1.807, 2.05) is 4.90 Å². The summed E-state index contributed by atoms with van der Waals surface area (Å²) in [5.74, 6) is 0.231. The molecule has 1 N–H and O–H groups in total. The molecule has 1 aliphatic heterocycles. The van der Waals surface area contributed by atoms with Crippen LogP contribution in [0.2, 0.25) is 0 Å². The van der Waals surface area contributed by atoms with Crippen molar-refractivity contribution < 1.29 is 18.0 Å². The van der Waals surface area contributed by atoms with E-state index >= 15 is 0 Å². The van der Waals surface area contributed by atoms with E-state index in [1.165, 1.54) is 12.3 Å². The standard InChI is InChI=1S/C16H14BrF3N4O/c17-12-5-10(6-21-8-12)15(25)23-13-3-4-24(9-13)14-2-1-11(7-22-14)16(18,19)20/h1-2,5-8,13H,3-4,9H2,(H,23,25)/t13-/m0/s1. The van der Waals surface area contributed by atoms with Crippen LogP contribution in [0.25, 0.3) is 0 Å². The lowest BCUT2D eigenvalue weighted by Crippen LogP contribution is -2.37. The minimum absolute atomic E-state index is 0.101. The fourth-order valence-electron chi connectivity index (χ4n) is 2.63. The first kappa shape index (κ1) is 17.7. The van der Waals surface area contributed by atoms with Crippen LogP contribution in [-0.2, 0) is 6.18 Å². The third kappa shape index (κ3) is 4.28. The van der Waals surface area contributed by atoms with Crippen LogP contribution in [0.15, 0.2) is 41.3 Å². The summed E-state index contributed by atoms with van der Waals surface area (Å²) < 4.78 is 38.5. The summed E-state index contributed by atoms with van der Waals surface area (Å²) in [6.07, 6.45) is 0.184. The van der Waals surface area contributed by atoms with Gasteiger partial charge >= 0.3 is 6.18 Å². The van der Waals surface area contributed by atoms with E-state index in [1.54, 1.807) is 12.3 Å². The molecule has 1 amide bonds. The Kier molecular flexibility index (Phi) is 4.94. The van der Waals surface area contributed by atoms with Crippen molar-refractivity contribution in [1.29, 1.82) is 0 Å². The number of aromatic nitrogens is 2. The highest BCUT2D eigenvalue weighted by Gasteiger charge is 2.31. The maximum absolute atomic E-state index is 12.6. The van der Waals surface area contributed by atoms with Crippen molar-refractivity contribution in [2.45, 2.75) is 18.6 Å². The fourth-order valence-corrected chi connectivity index (χ4v) is 3.00. The van der Waals surface area contributed by atoms with E-state index < -0.39 is 11.7 Å². The quantitative estimate of drug-likeness (QED) is 0.837. The molecule has 0 radical (unpaired) electrons. The summed E-state index contributed by atoms with van der Waals surface area (Å²) in [5, 5.41) is 2.91. The molecular formula is C16H14BrF3N4O. The van der Waals surface area contributed by atoms with E-state index in [0.29, 0.717) is 35.4 Å². The van der Waals surface area contributed by atoms with Crippen molar-refractivity contribution in [3.63, 3.8) is 0 Å². The lowest BCUT2D eigenvalue weighted by Gasteiger charge is -2.18. The first-order valence-corrected chi connectivity index (χ1v) is 8.32. The number of carbonyl (C=O) groups is 1. The number of nitrogens with one attached hydrogen (secondary N) is 1. The molecule has 2 aromatic heterocycles. The van der Waals surface area contributed by atoms with E-state index in [-0.39, 0.29) is 11.9 Å². The monoisotopic (exact) mass is 414 g/mol. The van der Waals surface area contributed by atoms with Crippen LogP contribution < -0.4 is 10.2 Å². The molecule has 3 rings (SSSR count). The zero-order valence-electron chi connectivity index (χ0n) is 12.9. The van der Waals surface area contributed by atoms with Crippen LogP contribution in [-0.4, -0.2) is 35.0 Å². The molecule has 5 nitrogen and oxygen atoms in total. The van der Waals surface area contributed by atoms with Gasteiger partial charge in [0.1, 0.15) is 5.82 Å². The summed E-state index contributed by atoms with van der Waals surface area (Å²) in [5.41, 5.74) is -0.331. The van der Waals surface area contributed by atoms with Crippen LogP contribution in [0.5, 0.6) is 0 Å². The normalized spacial score (nSPS) is 17.6. The van der Waals surface area contributed by atoms with Crippen LogP contribution in [0.3, 0.4) is 0 Å². The molecule has 0 aromatic carbocycles. The van der Waals surface area contributed by atoms with E-state index in [2.05, 4.69) is 31.2 Å².